The molecule has 2 amide bonds. The first-order valence-corrected chi connectivity index (χ1v) is 12.5. The van der Waals surface area contributed by atoms with Crippen LogP contribution in [0.5, 0.6) is 0 Å². The van der Waals surface area contributed by atoms with Crippen molar-refractivity contribution in [2.75, 3.05) is 23.7 Å². The number of sulfonamides is 1. The normalized spacial score (nSPS) is 24.1. The molecule has 1 aliphatic heterocycles. The van der Waals surface area contributed by atoms with Crippen LogP contribution in [-0.2, 0) is 19.6 Å². The van der Waals surface area contributed by atoms with Crippen LogP contribution in [0.15, 0.2) is 24.3 Å². The molecule has 1 aromatic carbocycles. The van der Waals surface area contributed by atoms with Gasteiger partial charge in [-0.1, -0.05) is 44.4 Å². The van der Waals surface area contributed by atoms with Gasteiger partial charge in [0.2, 0.25) is 21.8 Å². The highest BCUT2D eigenvalue weighted by Gasteiger charge is 2.51. The van der Waals surface area contributed by atoms with Gasteiger partial charge in [-0.15, -0.1) is 0 Å². The molecule has 0 spiro atoms. The molecular weight excluding hydrogens is 402 g/mol. The van der Waals surface area contributed by atoms with E-state index in [1.807, 2.05) is 31.2 Å². The molecule has 0 radical (unpaired) electrons. The van der Waals surface area contributed by atoms with E-state index in [-0.39, 0.29) is 36.7 Å². The van der Waals surface area contributed by atoms with Crippen LogP contribution < -0.4 is 10.2 Å². The first-order chi connectivity index (χ1) is 14.2. The van der Waals surface area contributed by atoms with E-state index < -0.39 is 15.6 Å². The molecule has 30 heavy (non-hydrogen) atoms. The highest BCUT2D eigenvalue weighted by molar-refractivity contribution is 7.89. The van der Waals surface area contributed by atoms with Crippen molar-refractivity contribution in [2.24, 2.45) is 0 Å². The van der Waals surface area contributed by atoms with Gasteiger partial charge in [0.1, 0.15) is 5.54 Å². The van der Waals surface area contributed by atoms with Crippen LogP contribution in [0.4, 0.5) is 5.69 Å². The number of amides is 2. The molecule has 8 heteroatoms. The fraction of sp³-hybridized carbons (Fsp3) is 0.636. The molecule has 0 aromatic heterocycles. The van der Waals surface area contributed by atoms with Gasteiger partial charge in [-0.25, -0.2) is 8.42 Å². The molecule has 1 aromatic rings. The third-order valence-electron chi connectivity index (χ3n) is 6.18. The van der Waals surface area contributed by atoms with E-state index in [1.54, 1.807) is 13.8 Å². The van der Waals surface area contributed by atoms with Gasteiger partial charge < -0.3 is 5.32 Å². The van der Waals surface area contributed by atoms with Gasteiger partial charge in [0.25, 0.3) is 0 Å². The lowest BCUT2D eigenvalue weighted by molar-refractivity contribution is -0.133. The minimum absolute atomic E-state index is 0.0367. The van der Waals surface area contributed by atoms with Gasteiger partial charge in [-0.05, 0) is 44.7 Å². The molecule has 1 atom stereocenters. The predicted molar refractivity (Wildman–Crippen MR) is 118 cm³/mol. The Kier molecular flexibility index (Phi) is 6.87. The highest BCUT2D eigenvalue weighted by Crippen LogP contribution is 2.33. The number of hydrogen-bond donors (Lipinski definition) is 1. The average Bonchev–Trinajstić information content (AvgIpc) is 2.69. The zero-order chi connectivity index (χ0) is 21.9. The van der Waals surface area contributed by atoms with Crippen molar-refractivity contribution in [1.82, 2.24) is 9.62 Å². The first kappa shape index (κ1) is 22.7. The van der Waals surface area contributed by atoms with E-state index in [0.717, 1.165) is 31.2 Å². The smallest absolute Gasteiger partial charge is 0.247 e. The molecule has 2 fully saturated rings. The van der Waals surface area contributed by atoms with E-state index in [1.165, 1.54) is 15.6 Å². The Hall–Kier alpha value is -1.93. The summed E-state index contributed by atoms with van der Waals surface area (Å²) in [6, 6.07) is 7.48. The standard InChI is InChI=1S/C22H33N3O4S/c1-4-14-30(28,29)24-15-20(26)25(19-13-9-8-10-17(19)2)22(3,16-24)21(27)23-18-11-6-5-7-12-18/h8-10,13,18H,4-7,11-12,14-16H2,1-3H3,(H,23,27). The van der Waals surface area contributed by atoms with Crippen LogP contribution in [0.3, 0.4) is 0 Å². The number of benzene rings is 1. The maximum Gasteiger partial charge on any atom is 0.247 e. The van der Waals surface area contributed by atoms with Gasteiger partial charge >= 0.3 is 0 Å². The number of carbonyl (C=O) groups excluding carboxylic acids is 2. The second kappa shape index (κ2) is 9.06. The monoisotopic (exact) mass is 435 g/mol. The van der Waals surface area contributed by atoms with Gasteiger partial charge in [0.05, 0.1) is 12.3 Å². The Balaban J connectivity index is 1.99. The van der Waals surface area contributed by atoms with Crippen LogP contribution in [-0.4, -0.2) is 55.0 Å². The average molecular weight is 436 g/mol. The highest BCUT2D eigenvalue weighted by atomic mass is 32.2. The van der Waals surface area contributed by atoms with Gasteiger partial charge in [-0.2, -0.15) is 4.31 Å². The Labute approximate surface area is 179 Å². The molecule has 1 unspecified atom stereocenters. The van der Waals surface area contributed by atoms with Crippen molar-refractivity contribution in [3.05, 3.63) is 29.8 Å². The molecule has 1 N–H and O–H groups in total. The van der Waals surface area contributed by atoms with Crippen LogP contribution in [0, 0.1) is 6.92 Å². The van der Waals surface area contributed by atoms with Crippen molar-refractivity contribution in [1.29, 1.82) is 0 Å². The lowest BCUT2D eigenvalue weighted by Gasteiger charge is -2.47. The summed E-state index contributed by atoms with van der Waals surface area (Å²) in [5.41, 5.74) is 0.198. The first-order valence-electron chi connectivity index (χ1n) is 10.9. The van der Waals surface area contributed by atoms with Crippen LogP contribution >= 0.6 is 0 Å². The fourth-order valence-electron chi connectivity index (χ4n) is 4.53. The van der Waals surface area contributed by atoms with E-state index in [2.05, 4.69) is 5.32 Å². The summed E-state index contributed by atoms with van der Waals surface area (Å²) in [6.07, 6.45) is 5.59. The molecule has 7 nitrogen and oxygen atoms in total. The number of hydrogen-bond acceptors (Lipinski definition) is 4. The van der Waals surface area contributed by atoms with Crippen LogP contribution in [0.25, 0.3) is 0 Å². The molecular formula is C22H33N3O4S. The summed E-state index contributed by atoms with van der Waals surface area (Å²) in [7, 11) is -3.61. The van der Waals surface area contributed by atoms with E-state index in [0.29, 0.717) is 12.1 Å². The maximum atomic E-state index is 13.5. The molecule has 1 aliphatic carbocycles. The number of carbonyl (C=O) groups is 2. The van der Waals surface area contributed by atoms with Crippen LogP contribution in [0.1, 0.15) is 57.9 Å². The molecule has 1 saturated carbocycles. The molecule has 1 heterocycles. The number of aryl methyl sites for hydroxylation is 1. The summed E-state index contributed by atoms with van der Waals surface area (Å²) in [4.78, 5) is 28.3. The number of nitrogens with one attached hydrogen (secondary N) is 1. The lowest BCUT2D eigenvalue weighted by atomic mass is 9.91. The molecule has 0 bridgehead atoms. The third-order valence-corrected chi connectivity index (χ3v) is 8.15. The van der Waals surface area contributed by atoms with Crippen molar-refractivity contribution in [3.63, 3.8) is 0 Å². The van der Waals surface area contributed by atoms with Gasteiger partial charge in [-0.3, -0.25) is 14.5 Å². The van der Waals surface area contributed by atoms with E-state index in [4.69, 9.17) is 0 Å². The quantitative estimate of drug-likeness (QED) is 0.744. The predicted octanol–water partition coefficient (Wildman–Crippen LogP) is 2.59. The molecule has 166 valence electrons. The summed E-state index contributed by atoms with van der Waals surface area (Å²) in [5, 5.41) is 3.12. The number of para-hydroxylation sites is 1. The number of nitrogens with zero attached hydrogens (tertiary/aromatic N) is 2. The van der Waals surface area contributed by atoms with Gasteiger partial charge in [0, 0.05) is 18.3 Å². The number of anilines is 1. The minimum atomic E-state index is -3.61. The van der Waals surface area contributed by atoms with Gasteiger partial charge in [0.15, 0.2) is 0 Å². The summed E-state index contributed by atoms with van der Waals surface area (Å²) >= 11 is 0. The fourth-order valence-corrected chi connectivity index (χ4v) is 6.06. The summed E-state index contributed by atoms with van der Waals surface area (Å²) in [6.45, 7) is 5.07. The van der Waals surface area contributed by atoms with E-state index in [9.17, 15) is 18.0 Å². The minimum Gasteiger partial charge on any atom is -0.351 e. The third kappa shape index (κ3) is 4.54. The van der Waals surface area contributed by atoms with Crippen molar-refractivity contribution in [3.8, 4) is 0 Å². The van der Waals surface area contributed by atoms with Crippen LogP contribution in [0.2, 0.25) is 0 Å². The maximum absolute atomic E-state index is 13.5. The zero-order valence-electron chi connectivity index (χ0n) is 18.2. The van der Waals surface area contributed by atoms with Crippen molar-refractivity contribution >= 4 is 27.5 Å². The Bertz CT molecular complexity index is 895. The molecule has 3 rings (SSSR count). The van der Waals surface area contributed by atoms with E-state index >= 15 is 0 Å². The number of piperazine rings is 1. The largest absolute Gasteiger partial charge is 0.351 e. The Morgan fingerprint density at radius 3 is 2.50 bits per heavy atom. The second-order valence-electron chi connectivity index (χ2n) is 8.68. The SMILES string of the molecule is CCCS(=O)(=O)N1CC(=O)N(c2ccccc2C)C(C)(C(=O)NC2CCCCC2)C1. The summed E-state index contributed by atoms with van der Waals surface area (Å²) < 4.78 is 26.7. The van der Waals surface area contributed by atoms with Crippen molar-refractivity contribution in [2.45, 2.75) is 70.9 Å². The topological polar surface area (TPSA) is 86.8 Å². The Morgan fingerprint density at radius 1 is 1.20 bits per heavy atom. The zero-order valence-corrected chi connectivity index (χ0v) is 19.0. The molecule has 2 aliphatic rings. The van der Waals surface area contributed by atoms with Crippen molar-refractivity contribution < 1.29 is 18.0 Å². The summed E-state index contributed by atoms with van der Waals surface area (Å²) in [5.74, 6) is -0.704. The lowest BCUT2D eigenvalue weighted by Crippen LogP contribution is -2.71. The Morgan fingerprint density at radius 2 is 1.87 bits per heavy atom. The molecule has 1 saturated heterocycles. The number of rotatable bonds is 6. The second-order valence-corrected chi connectivity index (χ2v) is 10.8.